The number of rotatable bonds is 2. The van der Waals surface area contributed by atoms with Crippen molar-refractivity contribution < 1.29 is 33.6 Å². The number of carbonyl (C=O) groups is 1. The Hall–Kier alpha value is -1.77. The molecule has 1 aliphatic carbocycles. The lowest BCUT2D eigenvalue weighted by atomic mass is 9.70. The van der Waals surface area contributed by atoms with Gasteiger partial charge in [0.2, 0.25) is 0 Å². The molecular formula is C34H50O7. The van der Waals surface area contributed by atoms with Crippen LogP contribution in [0.4, 0.5) is 0 Å². The molecule has 0 saturated carbocycles. The largest absolute Gasteiger partial charge is 0.462 e. The van der Waals surface area contributed by atoms with E-state index in [0.29, 0.717) is 36.2 Å². The number of ether oxygens (including phenoxy) is 5. The second kappa shape index (κ2) is 12.1. The van der Waals surface area contributed by atoms with E-state index in [1.165, 1.54) is 5.57 Å². The first-order valence-electron chi connectivity index (χ1n) is 15.6. The van der Waals surface area contributed by atoms with E-state index in [9.17, 15) is 9.90 Å². The molecule has 0 aromatic carbocycles. The molecule has 5 rings (SSSR count). The highest BCUT2D eigenvalue weighted by Crippen LogP contribution is 2.48. The third-order valence-corrected chi connectivity index (χ3v) is 9.89. The molecule has 7 heteroatoms. The Morgan fingerprint density at radius 2 is 1.93 bits per heavy atom. The van der Waals surface area contributed by atoms with Gasteiger partial charge in [-0.25, -0.2) is 0 Å². The Bertz CT molecular complexity index is 1100. The summed E-state index contributed by atoms with van der Waals surface area (Å²) >= 11 is 0. The molecular weight excluding hydrogens is 520 g/mol. The standard InChI is InChI=1S/C34H50O7/c1-20(2)29-23(5)13-14-33(41-29)18-27-17-26(40-33)12-11-22(4)15-21(3)9-8-10-25-19-38-31-30(37-7)24(6)16-28(32(35)39-27)34(25,31)36/h8-11,16,20-21,23,26-31,36H,12-15,17-19H2,1-7H3/b9-8+,22-11+,25-10?/t21-,23-,26+,27-,28-,29+,30+,31+,33+,34+/m0/s1. The molecule has 0 unspecified atom stereocenters. The van der Waals surface area contributed by atoms with Gasteiger partial charge < -0.3 is 28.8 Å². The average Bonchev–Trinajstić information content (AvgIpc) is 3.24. The van der Waals surface area contributed by atoms with Crippen LogP contribution in [-0.2, 0) is 28.5 Å². The van der Waals surface area contributed by atoms with Crippen LogP contribution in [0.3, 0.4) is 0 Å². The summed E-state index contributed by atoms with van der Waals surface area (Å²) < 4.78 is 31.7. The zero-order valence-electron chi connectivity index (χ0n) is 25.9. The molecule has 0 aromatic rings. The number of fused-ring (bicyclic) bond motifs is 2. The van der Waals surface area contributed by atoms with Crippen molar-refractivity contribution in [2.75, 3.05) is 13.7 Å². The fraction of sp³-hybridized carbons (Fsp3) is 0.735. The summed E-state index contributed by atoms with van der Waals surface area (Å²) in [5.74, 6) is -1.01. The zero-order chi connectivity index (χ0) is 29.5. The van der Waals surface area contributed by atoms with Crippen LogP contribution in [0.1, 0.15) is 80.1 Å². The molecule has 228 valence electrons. The maximum absolute atomic E-state index is 14.0. The first-order chi connectivity index (χ1) is 19.5. The Labute approximate surface area is 246 Å². The SMILES string of the molecule is CO[C@@H]1C(C)=C[C@H]2C(=O)O[C@H]3C[C@@H](C/C=C(\C)C[C@@H](C)/C=C/C=C4CO[C@H]1[C@@]42O)O[C@@]1(CC[C@H](C)[C@@H](C(C)C)O1)C3. The van der Waals surface area contributed by atoms with Gasteiger partial charge in [0.1, 0.15) is 29.8 Å². The van der Waals surface area contributed by atoms with Crippen molar-refractivity contribution in [1.82, 2.24) is 0 Å². The zero-order valence-corrected chi connectivity index (χ0v) is 25.9. The van der Waals surface area contributed by atoms with Crippen LogP contribution in [0, 0.1) is 23.7 Å². The number of hydrogen-bond donors (Lipinski definition) is 1. The third kappa shape index (κ3) is 6.03. The quantitative estimate of drug-likeness (QED) is 0.331. The molecule has 3 fully saturated rings. The summed E-state index contributed by atoms with van der Waals surface area (Å²) in [5.41, 5.74) is 1.27. The monoisotopic (exact) mass is 570 g/mol. The van der Waals surface area contributed by atoms with Gasteiger partial charge in [0.05, 0.1) is 18.8 Å². The Morgan fingerprint density at radius 3 is 2.66 bits per heavy atom. The van der Waals surface area contributed by atoms with Gasteiger partial charge >= 0.3 is 5.97 Å². The third-order valence-electron chi connectivity index (χ3n) is 9.89. The molecule has 5 aliphatic rings. The fourth-order valence-electron chi connectivity index (χ4n) is 7.78. The minimum Gasteiger partial charge on any atom is -0.462 e. The van der Waals surface area contributed by atoms with Gasteiger partial charge in [-0.3, -0.25) is 4.79 Å². The molecule has 1 N–H and O–H groups in total. The maximum Gasteiger partial charge on any atom is 0.316 e. The number of allylic oxidation sites excluding steroid dienone is 4. The van der Waals surface area contributed by atoms with Crippen molar-refractivity contribution >= 4 is 5.97 Å². The van der Waals surface area contributed by atoms with E-state index in [2.05, 4.69) is 46.8 Å². The molecule has 7 nitrogen and oxygen atoms in total. The lowest BCUT2D eigenvalue weighted by Crippen LogP contribution is -2.58. The van der Waals surface area contributed by atoms with Gasteiger partial charge in [-0.15, -0.1) is 0 Å². The van der Waals surface area contributed by atoms with Gasteiger partial charge in [-0.1, -0.05) is 63.6 Å². The van der Waals surface area contributed by atoms with Crippen molar-refractivity contribution in [2.24, 2.45) is 23.7 Å². The highest BCUT2D eigenvalue weighted by molar-refractivity contribution is 5.78. The summed E-state index contributed by atoms with van der Waals surface area (Å²) in [6.45, 7) is 13.1. The first-order valence-corrected chi connectivity index (χ1v) is 15.6. The second-order valence-corrected chi connectivity index (χ2v) is 13.6. The van der Waals surface area contributed by atoms with Crippen molar-refractivity contribution in [3.8, 4) is 0 Å². The molecule has 41 heavy (non-hydrogen) atoms. The fourth-order valence-corrected chi connectivity index (χ4v) is 7.78. The number of aliphatic hydroxyl groups is 1. The minimum absolute atomic E-state index is 0.0846. The summed E-state index contributed by atoms with van der Waals surface area (Å²) in [5, 5.41) is 12.3. The Morgan fingerprint density at radius 1 is 1.15 bits per heavy atom. The predicted octanol–water partition coefficient (Wildman–Crippen LogP) is 5.82. The smallest absolute Gasteiger partial charge is 0.316 e. The van der Waals surface area contributed by atoms with E-state index < -0.39 is 35.5 Å². The molecule has 1 spiro atoms. The molecule has 4 heterocycles. The van der Waals surface area contributed by atoms with E-state index in [1.54, 1.807) is 7.11 Å². The van der Waals surface area contributed by atoms with Crippen LogP contribution in [0.15, 0.2) is 47.1 Å². The van der Waals surface area contributed by atoms with Crippen LogP contribution in [0.5, 0.6) is 0 Å². The average molecular weight is 571 g/mol. The molecule has 2 bridgehead atoms. The normalized spacial score (nSPS) is 45.8. The van der Waals surface area contributed by atoms with Crippen molar-refractivity contribution in [3.05, 3.63) is 47.1 Å². The van der Waals surface area contributed by atoms with E-state index in [4.69, 9.17) is 23.7 Å². The minimum atomic E-state index is -1.56. The lowest BCUT2D eigenvalue weighted by Gasteiger charge is -2.50. The first kappa shape index (κ1) is 30.7. The summed E-state index contributed by atoms with van der Waals surface area (Å²) in [4.78, 5) is 14.0. The molecule has 4 aliphatic heterocycles. The Kier molecular flexibility index (Phi) is 9.04. The van der Waals surface area contributed by atoms with E-state index in [-0.39, 0.29) is 24.9 Å². The molecule has 10 atom stereocenters. The van der Waals surface area contributed by atoms with E-state index in [0.717, 1.165) is 31.3 Å². The highest BCUT2D eigenvalue weighted by atomic mass is 16.7. The summed E-state index contributed by atoms with van der Waals surface area (Å²) in [6.07, 6.45) is 13.1. The van der Waals surface area contributed by atoms with Gasteiger partial charge in [0.15, 0.2) is 5.79 Å². The topological polar surface area (TPSA) is 83.5 Å². The van der Waals surface area contributed by atoms with Crippen LogP contribution in [0.25, 0.3) is 0 Å². The van der Waals surface area contributed by atoms with Gasteiger partial charge in [-0.2, -0.15) is 0 Å². The van der Waals surface area contributed by atoms with E-state index in [1.807, 2.05) is 25.2 Å². The molecule has 0 radical (unpaired) electrons. The van der Waals surface area contributed by atoms with E-state index >= 15 is 0 Å². The van der Waals surface area contributed by atoms with Gasteiger partial charge in [-0.05, 0) is 62.0 Å². The maximum atomic E-state index is 14.0. The molecule has 0 aromatic heterocycles. The predicted molar refractivity (Wildman–Crippen MR) is 157 cm³/mol. The summed E-state index contributed by atoms with van der Waals surface area (Å²) in [7, 11) is 1.61. The van der Waals surface area contributed by atoms with Crippen LogP contribution >= 0.6 is 0 Å². The number of carbonyl (C=O) groups excluding carboxylic acids is 1. The van der Waals surface area contributed by atoms with Gasteiger partial charge in [0, 0.05) is 26.4 Å². The Balaban J connectivity index is 1.52. The summed E-state index contributed by atoms with van der Waals surface area (Å²) in [6, 6.07) is 0. The second-order valence-electron chi connectivity index (χ2n) is 13.6. The van der Waals surface area contributed by atoms with Crippen LogP contribution in [-0.4, -0.2) is 66.7 Å². The van der Waals surface area contributed by atoms with Gasteiger partial charge in [0.25, 0.3) is 0 Å². The van der Waals surface area contributed by atoms with Crippen molar-refractivity contribution in [1.29, 1.82) is 0 Å². The number of hydrogen-bond acceptors (Lipinski definition) is 7. The van der Waals surface area contributed by atoms with Crippen molar-refractivity contribution in [2.45, 2.75) is 122 Å². The highest BCUT2D eigenvalue weighted by Gasteiger charge is 2.60. The van der Waals surface area contributed by atoms with Crippen molar-refractivity contribution in [3.63, 3.8) is 0 Å². The molecule has 3 saturated heterocycles. The van der Waals surface area contributed by atoms with Crippen LogP contribution < -0.4 is 0 Å². The number of methoxy groups -OCH3 is 1. The lowest BCUT2D eigenvalue weighted by molar-refractivity contribution is -0.340. The molecule has 0 amide bonds. The number of esters is 1. The van der Waals surface area contributed by atoms with Crippen LogP contribution in [0.2, 0.25) is 0 Å².